The Hall–Kier alpha value is -1.64. The summed E-state index contributed by atoms with van der Waals surface area (Å²) >= 11 is 0. The van der Waals surface area contributed by atoms with Gasteiger partial charge in [0.2, 0.25) is 0 Å². The fraction of sp³-hybridized carbons (Fsp3) is 0.385. The molecule has 1 aromatic carbocycles. The van der Waals surface area contributed by atoms with Gasteiger partial charge in [-0.05, 0) is 12.8 Å². The number of hydrogen-bond acceptors (Lipinski definition) is 2. The van der Waals surface area contributed by atoms with Gasteiger partial charge in [0.1, 0.15) is 5.82 Å². The number of nitrogens with one attached hydrogen (secondary N) is 1. The second-order valence-electron chi connectivity index (χ2n) is 3.68. The maximum Gasteiger partial charge on any atom is 0.181 e. The first-order chi connectivity index (χ1) is 7.93. The van der Waals surface area contributed by atoms with Crippen LogP contribution in [0.4, 0.5) is 0 Å². The second kappa shape index (κ2) is 4.92. The van der Waals surface area contributed by atoms with Crippen molar-refractivity contribution in [2.45, 2.75) is 32.6 Å². The van der Waals surface area contributed by atoms with Crippen molar-refractivity contribution in [3.63, 3.8) is 0 Å². The molecule has 0 radical (unpaired) electrons. The molecule has 2 aromatic rings. The summed E-state index contributed by atoms with van der Waals surface area (Å²) in [6.07, 6.45) is 2.51. The lowest BCUT2D eigenvalue weighted by Crippen LogP contribution is -1.81. The predicted molar refractivity (Wildman–Crippen MR) is 67.3 cm³/mol. The molecule has 3 heteroatoms. The number of nitrogens with zero attached hydrogens (tertiary/aromatic N) is 2. The van der Waals surface area contributed by atoms with Gasteiger partial charge < -0.3 is 0 Å². The molecule has 0 atom stereocenters. The Balaban J connectivity index is 0.000000459. The molecule has 0 spiro atoms. The van der Waals surface area contributed by atoms with Crippen LogP contribution in [0.2, 0.25) is 0 Å². The standard InChI is InChI=1S/C11H11N3.C2H6.H2/c1-2-4-8(5-3-1)10-12-11(14-13-10)9-6-7-9;1-2;/h1-5,9H,6-7H2,(H,12,13,14);1-2H3;1H. The summed E-state index contributed by atoms with van der Waals surface area (Å²) < 4.78 is 0. The average molecular weight is 217 g/mol. The molecule has 86 valence electrons. The summed E-state index contributed by atoms with van der Waals surface area (Å²) in [5, 5.41) is 7.22. The topological polar surface area (TPSA) is 41.6 Å². The second-order valence-corrected chi connectivity index (χ2v) is 3.68. The zero-order valence-electron chi connectivity index (χ0n) is 9.77. The van der Waals surface area contributed by atoms with Gasteiger partial charge in [0, 0.05) is 12.9 Å². The van der Waals surface area contributed by atoms with E-state index >= 15 is 0 Å². The zero-order valence-corrected chi connectivity index (χ0v) is 9.77. The van der Waals surface area contributed by atoms with E-state index < -0.39 is 0 Å². The smallest absolute Gasteiger partial charge is 0.181 e. The van der Waals surface area contributed by atoms with Gasteiger partial charge in [-0.15, -0.1) is 0 Å². The van der Waals surface area contributed by atoms with Gasteiger partial charge in [-0.2, -0.15) is 5.10 Å². The molecule has 1 heterocycles. The minimum atomic E-state index is 0. The minimum Gasteiger partial charge on any atom is -0.262 e. The van der Waals surface area contributed by atoms with Crippen molar-refractivity contribution < 1.29 is 1.43 Å². The molecule has 0 amide bonds. The van der Waals surface area contributed by atoms with Crippen molar-refractivity contribution >= 4 is 0 Å². The van der Waals surface area contributed by atoms with Crippen LogP contribution in [0.25, 0.3) is 11.4 Å². The van der Waals surface area contributed by atoms with Gasteiger partial charge >= 0.3 is 0 Å². The summed E-state index contributed by atoms with van der Waals surface area (Å²) in [7, 11) is 0. The van der Waals surface area contributed by atoms with Gasteiger partial charge in [0.15, 0.2) is 5.82 Å². The maximum absolute atomic E-state index is 4.48. The Kier molecular flexibility index (Phi) is 3.34. The van der Waals surface area contributed by atoms with Crippen LogP contribution in [0.15, 0.2) is 30.3 Å². The highest BCUT2D eigenvalue weighted by molar-refractivity contribution is 5.53. The molecule has 16 heavy (non-hydrogen) atoms. The minimum absolute atomic E-state index is 0. The van der Waals surface area contributed by atoms with E-state index in [9.17, 15) is 0 Å². The summed E-state index contributed by atoms with van der Waals surface area (Å²) in [4.78, 5) is 4.48. The van der Waals surface area contributed by atoms with E-state index in [2.05, 4.69) is 15.2 Å². The molecule has 0 aliphatic heterocycles. The molecule has 1 N–H and O–H groups in total. The third-order valence-corrected chi connectivity index (χ3v) is 2.50. The maximum atomic E-state index is 4.48. The Labute approximate surface area is 97.4 Å². The number of aromatic amines is 1. The van der Waals surface area contributed by atoms with Gasteiger partial charge in [-0.25, -0.2) is 4.98 Å². The normalized spacial score (nSPS) is 14.1. The summed E-state index contributed by atoms with van der Waals surface area (Å²) in [5.41, 5.74) is 1.08. The fourth-order valence-corrected chi connectivity index (χ4v) is 1.53. The van der Waals surface area contributed by atoms with Crippen LogP contribution in [0.5, 0.6) is 0 Å². The van der Waals surface area contributed by atoms with Gasteiger partial charge in [0.25, 0.3) is 0 Å². The first-order valence-corrected chi connectivity index (χ1v) is 5.91. The zero-order chi connectivity index (χ0) is 11.4. The highest BCUT2D eigenvalue weighted by Gasteiger charge is 2.27. The van der Waals surface area contributed by atoms with Crippen LogP contribution in [-0.4, -0.2) is 15.2 Å². The van der Waals surface area contributed by atoms with Gasteiger partial charge in [0.05, 0.1) is 0 Å². The molecule has 3 rings (SSSR count). The lowest BCUT2D eigenvalue weighted by atomic mass is 10.2. The van der Waals surface area contributed by atoms with Crippen molar-refractivity contribution in [2.24, 2.45) is 0 Å². The van der Waals surface area contributed by atoms with E-state index in [0.29, 0.717) is 5.92 Å². The Morgan fingerprint density at radius 1 is 1.19 bits per heavy atom. The number of aromatic nitrogens is 3. The highest BCUT2D eigenvalue weighted by atomic mass is 15.2. The third-order valence-electron chi connectivity index (χ3n) is 2.50. The number of H-pyrrole nitrogens is 1. The summed E-state index contributed by atoms with van der Waals surface area (Å²) in [5.74, 6) is 2.50. The number of hydrogen-bond donors (Lipinski definition) is 1. The van der Waals surface area contributed by atoms with E-state index in [0.717, 1.165) is 17.2 Å². The molecule has 1 fully saturated rings. The van der Waals surface area contributed by atoms with E-state index in [4.69, 9.17) is 0 Å². The van der Waals surface area contributed by atoms with Crippen molar-refractivity contribution in [1.29, 1.82) is 0 Å². The molecule has 1 aliphatic rings. The fourth-order valence-electron chi connectivity index (χ4n) is 1.53. The Morgan fingerprint density at radius 3 is 2.50 bits per heavy atom. The van der Waals surface area contributed by atoms with Crippen LogP contribution in [0.1, 0.15) is 39.9 Å². The first kappa shape index (κ1) is 10.9. The average Bonchev–Trinajstić information content (AvgIpc) is 3.11. The van der Waals surface area contributed by atoms with Gasteiger partial charge in [-0.1, -0.05) is 44.2 Å². The van der Waals surface area contributed by atoms with E-state index in [-0.39, 0.29) is 1.43 Å². The predicted octanol–water partition coefficient (Wildman–Crippen LogP) is 3.62. The number of rotatable bonds is 2. The summed E-state index contributed by atoms with van der Waals surface area (Å²) in [6, 6.07) is 10.1. The van der Waals surface area contributed by atoms with Crippen LogP contribution >= 0.6 is 0 Å². The Bertz CT molecular complexity index is 435. The largest absolute Gasteiger partial charge is 0.262 e. The molecule has 0 unspecified atom stereocenters. The molecule has 1 aromatic heterocycles. The lowest BCUT2D eigenvalue weighted by molar-refractivity contribution is 0.935. The van der Waals surface area contributed by atoms with Crippen LogP contribution < -0.4 is 0 Å². The van der Waals surface area contributed by atoms with Crippen molar-refractivity contribution in [2.75, 3.05) is 0 Å². The number of benzene rings is 1. The quantitative estimate of drug-likeness (QED) is 0.834. The molecular weight excluding hydrogens is 198 g/mol. The molecule has 0 bridgehead atoms. The summed E-state index contributed by atoms with van der Waals surface area (Å²) in [6.45, 7) is 4.00. The lowest BCUT2D eigenvalue weighted by Gasteiger charge is -1.91. The first-order valence-electron chi connectivity index (χ1n) is 5.91. The molecule has 1 saturated carbocycles. The monoisotopic (exact) mass is 217 g/mol. The van der Waals surface area contributed by atoms with Crippen molar-refractivity contribution in [1.82, 2.24) is 15.2 Å². The van der Waals surface area contributed by atoms with Crippen LogP contribution in [0.3, 0.4) is 0 Å². The molecule has 3 nitrogen and oxygen atoms in total. The molecular formula is C13H19N3. The van der Waals surface area contributed by atoms with Crippen molar-refractivity contribution in [3.05, 3.63) is 36.2 Å². The SMILES string of the molecule is CC.[HH].c1ccc(-c2n[nH]c(C3CC3)n2)cc1. The van der Waals surface area contributed by atoms with E-state index in [1.165, 1.54) is 12.8 Å². The van der Waals surface area contributed by atoms with Gasteiger partial charge in [-0.3, -0.25) is 5.10 Å². The third kappa shape index (κ3) is 2.30. The molecule has 0 saturated heterocycles. The van der Waals surface area contributed by atoms with Crippen LogP contribution in [0, 0.1) is 0 Å². The van der Waals surface area contributed by atoms with E-state index in [1.54, 1.807) is 0 Å². The highest BCUT2D eigenvalue weighted by Crippen LogP contribution is 2.38. The Morgan fingerprint density at radius 2 is 1.88 bits per heavy atom. The van der Waals surface area contributed by atoms with Crippen molar-refractivity contribution in [3.8, 4) is 11.4 Å². The molecule has 1 aliphatic carbocycles. The van der Waals surface area contributed by atoms with Crippen LogP contribution in [-0.2, 0) is 0 Å². The van der Waals surface area contributed by atoms with E-state index in [1.807, 2.05) is 44.2 Å².